The van der Waals surface area contributed by atoms with E-state index in [9.17, 15) is 45.7 Å². The molecule has 0 aliphatic heterocycles. The number of esters is 1. The van der Waals surface area contributed by atoms with Gasteiger partial charge in [0.25, 0.3) is 23.7 Å². The summed E-state index contributed by atoms with van der Waals surface area (Å²) < 4.78 is 223. The molecule has 0 saturated heterocycles. The normalized spacial score (nSPS) is 26.6. The van der Waals surface area contributed by atoms with Crippen LogP contribution in [0.2, 0.25) is 0 Å². The molecule has 28 heteroatoms. The van der Waals surface area contributed by atoms with Crippen LogP contribution in [0.4, 0.5) is 48.3 Å². The third-order valence-corrected chi connectivity index (χ3v) is 23.5. The zero-order valence-electron chi connectivity index (χ0n) is 76.9. The van der Waals surface area contributed by atoms with Crippen LogP contribution in [-0.4, -0.2) is 147 Å². The number of methoxy groups -OCH3 is 1. The molecule has 0 heterocycles. The minimum Gasteiger partial charge on any atom is -0.857 e. The van der Waals surface area contributed by atoms with Crippen LogP contribution in [0.25, 0.3) is 0 Å². The Kier molecular flexibility index (Phi) is 50.5. The van der Waals surface area contributed by atoms with Crippen molar-refractivity contribution in [2.75, 3.05) is 21.0 Å². The Labute approximate surface area is 784 Å². The molecule has 0 amide bonds. The number of aliphatic hydroxyl groups excluding tert-OH is 2. The van der Waals surface area contributed by atoms with Crippen molar-refractivity contribution in [2.45, 2.75) is 265 Å². The maximum absolute atomic E-state index is 15.5. The van der Waals surface area contributed by atoms with Gasteiger partial charge in [0.15, 0.2) is 12.2 Å². The van der Waals surface area contributed by atoms with Crippen LogP contribution in [0, 0.1) is 47.3 Å². The van der Waals surface area contributed by atoms with E-state index in [0.717, 1.165) is 58.5 Å². The van der Waals surface area contributed by atoms with Crippen molar-refractivity contribution in [1.82, 2.24) is 0 Å². The van der Waals surface area contributed by atoms with Gasteiger partial charge in [-0.15, -0.1) is 0 Å². The molecule has 714 valence electrons. The second-order valence-electron chi connectivity index (χ2n) is 31.9. The van der Waals surface area contributed by atoms with Crippen LogP contribution in [0.15, 0.2) is 243 Å². The Bertz CT molecular complexity index is 4190. The number of hydrogen-bond acceptors (Lipinski definition) is 16. The molecule has 0 unspecified atom stereocenters. The van der Waals surface area contributed by atoms with E-state index in [0.29, 0.717) is 19.9 Å². The van der Waals surface area contributed by atoms with Gasteiger partial charge in [-0.1, -0.05) is 319 Å². The smallest absolute Gasteiger partial charge is 0.857 e. The first-order chi connectivity index (χ1) is 61.7. The third kappa shape index (κ3) is 33.3. The van der Waals surface area contributed by atoms with Crippen molar-refractivity contribution in [3.8, 4) is 0 Å². The zero-order chi connectivity index (χ0) is 94.9. The van der Waals surface area contributed by atoms with Crippen molar-refractivity contribution in [3.63, 3.8) is 0 Å². The molecule has 4 saturated carbocycles. The standard InChI is InChI=1S/C25H32F2O4.C25H30F2O4.2C23H28F2O3.C2HF3O.C2H6.CH3O.CH4.Na/c1-4-21-18(2)22(29-15-19-11-7-5-8-12-19)23(24(25(21,26)27)31-17-28-3)30-16-20-13-9-6-10-14-20;1-4-21-17(2)22(29-15-19-11-7-5-8-12-19)23(24(25(21,26)27)31-18(3)28)30-16-20-13-9-6-10-14-20;2*1-3-19-16(2)20(27-14-17-10-6-4-7-11-17)21(22(26)23(19,24)25)28-15-18-12-8-5-9-13-18;3-2(4,5)1-6;2*1-2;;/h5-14,18,21-24H,4,15-17H2,1-3H3;5-14,17,21-24H,4,15-16H2,1-3H3;2*4-13,16,19-22,26H,3,14-15H2,1-2H3;1H;1-2H3;1H3;1H4;/q;;;;;;-1;;+1/t18-,21-,22+,23-,24+;17-,21-,22+,23-,24+;2*16-,19-,20+,21-,22+;;;;;/m1111...../s1/i;;;;;1D;;;. The number of alkyl halides is 11. The zero-order valence-corrected chi connectivity index (χ0v) is 77.9. The number of ether oxygens (including phenoxy) is 11. The summed E-state index contributed by atoms with van der Waals surface area (Å²) in [7, 11) is 2.17. The van der Waals surface area contributed by atoms with Gasteiger partial charge in [-0.05, 0) is 93.9 Å². The molecule has 4 aliphatic carbocycles. The van der Waals surface area contributed by atoms with E-state index in [1.54, 1.807) is 55.4 Å². The van der Waals surface area contributed by atoms with Crippen LogP contribution >= 0.6 is 0 Å². The quantitative estimate of drug-likeness (QED) is 0.0133. The SMILES string of the molecule is C.CC[C@@H]1[C@@H](C)[C@H](OCc2ccccc2)[C@@H](OCc2ccccc2)[C@H](O)C1(F)F.CC[C@@H]1[C@@H](C)[C@H](OCc2ccccc2)[C@@H](OCc2ccccc2)[C@H](O)C1(F)F.CC[C@@H]1[C@@H](C)[C@H](OCc2ccccc2)[C@@H](OCc2ccccc2)[C@H](OC(C)=O)C1(F)F.CC[C@@H]1[C@@H](C)[C@H](OCc2ccccc2)[C@@H](OCc2ccccc2)[C@H](OCOC)C1(F)F.C[O-].O=CC(F)(F)F.[2H]CC.[Na+]. The maximum atomic E-state index is 15.5. The summed E-state index contributed by atoms with van der Waals surface area (Å²) in [6, 6.07) is 75.9. The van der Waals surface area contributed by atoms with E-state index in [1.807, 2.05) is 250 Å². The van der Waals surface area contributed by atoms with Crippen molar-refractivity contribution in [3.05, 3.63) is 287 Å². The number of carbonyl (C=O) groups is 2. The Hall–Kier alpha value is -7.39. The van der Waals surface area contributed by atoms with Crippen LogP contribution in [0.1, 0.15) is 155 Å². The largest absolute Gasteiger partial charge is 1.00 e. The molecule has 12 rings (SSSR count). The second kappa shape index (κ2) is 58.0. The minimum atomic E-state index is -4.64. The maximum Gasteiger partial charge on any atom is 1.00 e. The summed E-state index contributed by atoms with van der Waals surface area (Å²) in [5.74, 6) is -19.1. The Morgan fingerprint density at radius 1 is 0.369 bits per heavy atom. The van der Waals surface area contributed by atoms with E-state index < -0.39 is 163 Å². The molecule has 4 aliphatic rings. The molecule has 0 bridgehead atoms. The van der Waals surface area contributed by atoms with E-state index in [4.69, 9.17) is 63.4 Å². The number of rotatable bonds is 32. The summed E-state index contributed by atoms with van der Waals surface area (Å²) in [5, 5.41) is 29.3. The molecule has 2 N–H and O–H groups in total. The Morgan fingerprint density at radius 2 is 0.546 bits per heavy atom. The first-order valence-electron chi connectivity index (χ1n) is 44.0. The van der Waals surface area contributed by atoms with Gasteiger partial charge in [0.2, 0.25) is 6.29 Å². The van der Waals surface area contributed by atoms with Gasteiger partial charge in [0, 0.05) is 39.1 Å². The summed E-state index contributed by atoms with van der Waals surface area (Å²) in [5.41, 5.74) is 7.31. The van der Waals surface area contributed by atoms with Gasteiger partial charge >= 0.3 is 41.7 Å². The van der Waals surface area contributed by atoms with Crippen LogP contribution in [0.5, 0.6) is 0 Å². The second-order valence-corrected chi connectivity index (χ2v) is 31.9. The molecule has 0 radical (unpaired) electrons. The minimum absolute atomic E-state index is 0. The summed E-state index contributed by atoms with van der Waals surface area (Å²) in [6.07, 6.45) is -18.3. The van der Waals surface area contributed by atoms with Crippen LogP contribution in [-0.2, 0) is 115 Å². The number of aliphatic hydroxyl groups is 2. The average molecular weight is 1850 g/mol. The van der Waals surface area contributed by atoms with Crippen molar-refractivity contribution in [2.24, 2.45) is 47.3 Å². The van der Waals surface area contributed by atoms with Gasteiger partial charge in [0.1, 0.15) is 43.4 Å². The van der Waals surface area contributed by atoms with E-state index >= 15 is 17.6 Å². The molecule has 8 aromatic carbocycles. The van der Waals surface area contributed by atoms with Crippen LogP contribution in [0.3, 0.4) is 0 Å². The summed E-state index contributed by atoms with van der Waals surface area (Å²) in [6.45, 7) is 19.0. The van der Waals surface area contributed by atoms with Gasteiger partial charge in [-0.25, -0.2) is 35.1 Å². The molecule has 0 spiro atoms. The van der Waals surface area contributed by atoms with E-state index in [1.165, 1.54) is 7.11 Å². The molecular weight excluding hydrogens is 1710 g/mol. The fraction of sp³-hybridized carbons (Fsp3) is 0.510. The first-order valence-corrected chi connectivity index (χ1v) is 43.3. The third-order valence-electron chi connectivity index (χ3n) is 23.5. The monoisotopic (exact) mass is 1850 g/mol. The number of carbonyl (C=O) groups excluding carboxylic acids is 2. The molecule has 4 fully saturated rings. The van der Waals surface area contributed by atoms with Gasteiger partial charge in [0.05, 0.1) is 77.3 Å². The number of aldehydes is 1. The van der Waals surface area contributed by atoms with E-state index in [-0.39, 0.29) is 109 Å². The molecular formula is C102H132F11NaO16. The molecule has 0 aromatic heterocycles. The predicted molar refractivity (Wildman–Crippen MR) is 472 cm³/mol. The fourth-order valence-electron chi connectivity index (χ4n) is 17.1. The van der Waals surface area contributed by atoms with Crippen LogP contribution < -0.4 is 34.7 Å². The predicted octanol–water partition coefficient (Wildman–Crippen LogP) is 18.9. The van der Waals surface area contributed by atoms with Crippen molar-refractivity contribution in [1.29, 1.82) is 0 Å². The molecule has 16 nitrogen and oxygen atoms in total. The van der Waals surface area contributed by atoms with E-state index in [2.05, 4.69) is 0 Å². The topological polar surface area (TPSA) is 199 Å². The van der Waals surface area contributed by atoms with Crippen molar-refractivity contribution >= 4 is 12.3 Å². The molecule has 20 atom stereocenters. The average Bonchev–Trinajstić information content (AvgIpc) is 0.772. The number of benzene rings is 8. The number of hydrogen-bond donors (Lipinski definition) is 2. The Morgan fingerprint density at radius 3 is 0.738 bits per heavy atom. The van der Waals surface area contributed by atoms with Gasteiger partial charge in [-0.3, -0.25) is 9.59 Å². The van der Waals surface area contributed by atoms with Gasteiger partial charge < -0.3 is 67.4 Å². The summed E-state index contributed by atoms with van der Waals surface area (Å²) >= 11 is 0. The summed E-state index contributed by atoms with van der Waals surface area (Å²) in [4.78, 5) is 20.4. The number of halogens is 11. The first kappa shape index (κ1) is 113. The van der Waals surface area contributed by atoms with Crippen molar-refractivity contribution < 1.29 is 156 Å². The molecule has 8 aromatic rings. The van der Waals surface area contributed by atoms with Gasteiger partial charge in [-0.2, -0.15) is 20.3 Å². The molecule has 130 heavy (non-hydrogen) atoms. The fourth-order valence-corrected chi connectivity index (χ4v) is 17.1. The Balaban J connectivity index is 0.000000350.